The van der Waals surface area contributed by atoms with Crippen molar-refractivity contribution in [1.82, 2.24) is 0 Å². The Labute approximate surface area is 107 Å². The summed E-state index contributed by atoms with van der Waals surface area (Å²) in [5.74, 6) is 0.960. The van der Waals surface area contributed by atoms with Gasteiger partial charge in [0.1, 0.15) is 0 Å². The number of carbonyl (C=O) groups is 1. The standard InChI is InChI=1S/C13H19NO4/c1-16-12-9-10(5-7-14)3-4-11(12)18-8-6-13(15)17-2/h3-4,9H,5-8,14H2,1-2H3. The molecule has 18 heavy (non-hydrogen) atoms. The molecule has 0 bridgehead atoms. The van der Waals surface area contributed by atoms with Gasteiger partial charge >= 0.3 is 5.97 Å². The van der Waals surface area contributed by atoms with Crippen molar-refractivity contribution >= 4 is 5.97 Å². The van der Waals surface area contributed by atoms with Gasteiger partial charge in [0, 0.05) is 0 Å². The highest BCUT2D eigenvalue weighted by molar-refractivity contribution is 5.69. The van der Waals surface area contributed by atoms with Crippen molar-refractivity contribution in [2.75, 3.05) is 27.4 Å². The van der Waals surface area contributed by atoms with Gasteiger partial charge in [0.15, 0.2) is 11.5 Å². The van der Waals surface area contributed by atoms with Crippen LogP contribution in [-0.2, 0) is 16.0 Å². The minimum Gasteiger partial charge on any atom is -0.493 e. The number of benzene rings is 1. The number of hydrogen-bond donors (Lipinski definition) is 1. The fourth-order valence-corrected chi connectivity index (χ4v) is 1.50. The molecular formula is C13H19NO4. The highest BCUT2D eigenvalue weighted by atomic mass is 16.5. The maximum absolute atomic E-state index is 10.9. The fraction of sp³-hybridized carbons (Fsp3) is 0.462. The van der Waals surface area contributed by atoms with Crippen LogP contribution in [0, 0.1) is 0 Å². The van der Waals surface area contributed by atoms with Gasteiger partial charge in [0.2, 0.25) is 0 Å². The molecule has 2 N–H and O–H groups in total. The van der Waals surface area contributed by atoms with Crippen molar-refractivity contribution < 1.29 is 19.0 Å². The summed E-state index contributed by atoms with van der Waals surface area (Å²) in [6.45, 7) is 0.852. The number of methoxy groups -OCH3 is 2. The molecule has 0 unspecified atom stereocenters. The van der Waals surface area contributed by atoms with Crippen molar-refractivity contribution in [3.63, 3.8) is 0 Å². The third kappa shape index (κ3) is 4.25. The average molecular weight is 253 g/mol. The topological polar surface area (TPSA) is 70.8 Å². The molecule has 1 aromatic rings. The molecule has 100 valence electrons. The van der Waals surface area contributed by atoms with Crippen molar-refractivity contribution in [2.24, 2.45) is 5.73 Å². The van der Waals surface area contributed by atoms with Crippen LogP contribution in [0.3, 0.4) is 0 Å². The quantitative estimate of drug-likeness (QED) is 0.738. The summed E-state index contributed by atoms with van der Waals surface area (Å²) in [7, 11) is 2.93. The molecule has 0 aromatic heterocycles. The molecule has 0 atom stereocenters. The smallest absolute Gasteiger partial charge is 0.308 e. The molecule has 0 aliphatic carbocycles. The Balaban J connectivity index is 2.61. The molecule has 0 spiro atoms. The third-order valence-corrected chi connectivity index (χ3v) is 2.45. The molecule has 0 fully saturated rings. The Hall–Kier alpha value is -1.75. The number of ether oxygens (including phenoxy) is 3. The molecule has 0 heterocycles. The summed E-state index contributed by atoms with van der Waals surface area (Å²) in [5.41, 5.74) is 6.59. The molecule has 0 aliphatic rings. The van der Waals surface area contributed by atoms with E-state index >= 15 is 0 Å². The number of hydrogen-bond acceptors (Lipinski definition) is 5. The van der Waals surface area contributed by atoms with Crippen LogP contribution in [0.15, 0.2) is 18.2 Å². The molecule has 0 aliphatic heterocycles. The first-order chi connectivity index (χ1) is 8.71. The zero-order chi connectivity index (χ0) is 13.4. The predicted molar refractivity (Wildman–Crippen MR) is 67.9 cm³/mol. The summed E-state index contributed by atoms with van der Waals surface area (Å²) in [6, 6.07) is 5.64. The Kier molecular flexibility index (Phi) is 6.00. The summed E-state index contributed by atoms with van der Waals surface area (Å²) in [5, 5.41) is 0. The predicted octanol–water partition coefficient (Wildman–Crippen LogP) is 1.14. The van der Waals surface area contributed by atoms with Gasteiger partial charge in [-0.25, -0.2) is 0 Å². The van der Waals surface area contributed by atoms with Gasteiger partial charge in [-0.05, 0) is 30.7 Å². The molecular weight excluding hydrogens is 234 g/mol. The van der Waals surface area contributed by atoms with Crippen molar-refractivity contribution in [1.29, 1.82) is 0 Å². The monoisotopic (exact) mass is 253 g/mol. The van der Waals surface area contributed by atoms with Crippen molar-refractivity contribution in [3.05, 3.63) is 23.8 Å². The molecule has 0 saturated heterocycles. The lowest BCUT2D eigenvalue weighted by atomic mass is 10.1. The highest BCUT2D eigenvalue weighted by Crippen LogP contribution is 2.28. The van der Waals surface area contributed by atoms with E-state index in [1.165, 1.54) is 7.11 Å². The Morgan fingerprint density at radius 3 is 2.67 bits per heavy atom. The fourth-order valence-electron chi connectivity index (χ4n) is 1.50. The van der Waals surface area contributed by atoms with Gasteiger partial charge in [0.25, 0.3) is 0 Å². The maximum atomic E-state index is 10.9. The largest absolute Gasteiger partial charge is 0.493 e. The van der Waals surface area contributed by atoms with E-state index < -0.39 is 0 Å². The van der Waals surface area contributed by atoms with Gasteiger partial charge in [-0.2, -0.15) is 0 Å². The van der Waals surface area contributed by atoms with Crippen LogP contribution in [0.1, 0.15) is 12.0 Å². The molecule has 1 aromatic carbocycles. The van der Waals surface area contributed by atoms with E-state index in [0.717, 1.165) is 12.0 Å². The Morgan fingerprint density at radius 1 is 1.28 bits per heavy atom. The second-order valence-electron chi connectivity index (χ2n) is 3.70. The van der Waals surface area contributed by atoms with Gasteiger partial charge in [0.05, 0.1) is 27.2 Å². The molecule has 5 nitrogen and oxygen atoms in total. The number of rotatable bonds is 7. The van der Waals surface area contributed by atoms with E-state index in [9.17, 15) is 4.79 Å². The maximum Gasteiger partial charge on any atom is 0.308 e. The van der Waals surface area contributed by atoms with Crippen molar-refractivity contribution in [2.45, 2.75) is 12.8 Å². The molecule has 0 radical (unpaired) electrons. The summed E-state index contributed by atoms with van der Waals surface area (Å²) < 4.78 is 15.2. The van der Waals surface area contributed by atoms with Crippen molar-refractivity contribution in [3.8, 4) is 11.5 Å². The Bertz CT molecular complexity index is 393. The van der Waals surface area contributed by atoms with Crippen LogP contribution in [0.5, 0.6) is 11.5 Å². The lowest BCUT2D eigenvalue weighted by Crippen LogP contribution is -2.08. The SMILES string of the molecule is COC(=O)CCOc1ccc(CCN)cc1OC. The van der Waals surface area contributed by atoms with Gasteiger partial charge in [-0.1, -0.05) is 6.07 Å². The first-order valence-electron chi connectivity index (χ1n) is 5.78. The summed E-state index contributed by atoms with van der Waals surface area (Å²) in [4.78, 5) is 10.9. The van der Waals surface area contributed by atoms with Gasteiger partial charge in [-0.15, -0.1) is 0 Å². The molecule has 1 rings (SSSR count). The molecule has 5 heteroatoms. The third-order valence-electron chi connectivity index (χ3n) is 2.45. The second-order valence-corrected chi connectivity index (χ2v) is 3.70. The second kappa shape index (κ2) is 7.55. The van der Waals surface area contributed by atoms with Crippen LogP contribution >= 0.6 is 0 Å². The first kappa shape index (κ1) is 14.3. The zero-order valence-corrected chi connectivity index (χ0v) is 10.8. The number of nitrogens with two attached hydrogens (primary N) is 1. The van der Waals surface area contributed by atoms with E-state index in [-0.39, 0.29) is 19.0 Å². The van der Waals surface area contributed by atoms with Crippen LogP contribution in [0.25, 0.3) is 0 Å². The first-order valence-corrected chi connectivity index (χ1v) is 5.78. The Morgan fingerprint density at radius 2 is 2.06 bits per heavy atom. The highest BCUT2D eigenvalue weighted by Gasteiger charge is 2.07. The molecule has 0 saturated carbocycles. The lowest BCUT2D eigenvalue weighted by Gasteiger charge is -2.11. The van der Waals surface area contributed by atoms with Gasteiger partial charge < -0.3 is 19.9 Å². The summed E-state index contributed by atoms with van der Waals surface area (Å²) >= 11 is 0. The van der Waals surface area contributed by atoms with E-state index in [1.807, 2.05) is 18.2 Å². The van der Waals surface area contributed by atoms with Gasteiger partial charge in [-0.3, -0.25) is 4.79 Å². The van der Waals surface area contributed by atoms with E-state index in [4.69, 9.17) is 15.2 Å². The van der Waals surface area contributed by atoms with E-state index in [2.05, 4.69) is 4.74 Å². The van der Waals surface area contributed by atoms with Crippen LogP contribution in [0.4, 0.5) is 0 Å². The van der Waals surface area contributed by atoms with Crippen LogP contribution < -0.4 is 15.2 Å². The zero-order valence-electron chi connectivity index (χ0n) is 10.8. The van der Waals surface area contributed by atoms with Crippen LogP contribution in [-0.4, -0.2) is 33.3 Å². The minimum absolute atomic E-state index is 0.213. The molecule has 0 amide bonds. The minimum atomic E-state index is -0.297. The number of carbonyl (C=O) groups excluding carboxylic acids is 1. The normalized spacial score (nSPS) is 9.94. The van der Waals surface area contributed by atoms with Crippen LogP contribution in [0.2, 0.25) is 0 Å². The van der Waals surface area contributed by atoms with E-state index in [0.29, 0.717) is 18.0 Å². The lowest BCUT2D eigenvalue weighted by molar-refractivity contribution is -0.141. The average Bonchev–Trinajstić information content (AvgIpc) is 2.40. The van der Waals surface area contributed by atoms with E-state index in [1.54, 1.807) is 7.11 Å². The number of esters is 1. The summed E-state index contributed by atoms with van der Waals surface area (Å²) in [6.07, 6.45) is 1.00.